The number of amides is 1. The summed E-state index contributed by atoms with van der Waals surface area (Å²) in [7, 11) is 0. The Balaban J connectivity index is 1.70. The molecule has 4 heteroatoms. The van der Waals surface area contributed by atoms with Crippen molar-refractivity contribution in [1.82, 2.24) is 5.32 Å². The fourth-order valence-corrected chi connectivity index (χ4v) is 3.15. The zero-order valence-electron chi connectivity index (χ0n) is 13.5. The molecule has 1 aliphatic carbocycles. The number of para-hydroxylation sites is 1. The number of carbonyl (C=O) groups excluding carboxylic acids is 1. The molecule has 122 valence electrons. The van der Waals surface area contributed by atoms with Gasteiger partial charge in [-0.2, -0.15) is 0 Å². The molecule has 1 aromatic rings. The molecule has 0 aliphatic heterocycles. The number of nitrogens with two attached hydrogens (primary N) is 1. The second kappa shape index (κ2) is 8.79. The zero-order valence-corrected chi connectivity index (χ0v) is 13.5. The van der Waals surface area contributed by atoms with Crippen LogP contribution in [0.25, 0.3) is 0 Å². The Kier molecular flexibility index (Phi) is 6.72. The fourth-order valence-electron chi connectivity index (χ4n) is 3.15. The van der Waals surface area contributed by atoms with Gasteiger partial charge in [0.15, 0.2) is 0 Å². The van der Waals surface area contributed by atoms with Crippen molar-refractivity contribution in [3.8, 4) is 5.75 Å². The van der Waals surface area contributed by atoms with Crippen molar-refractivity contribution in [3.63, 3.8) is 0 Å². The first-order chi connectivity index (χ1) is 10.7. The lowest BCUT2D eigenvalue weighted by atomic mass is 9.94. The van der Waals surface area contributed by atoms with E-state index in [2.05, 4.69) is 18.3 Å². The topological polar surface area (TPSA) is 64.3 Å². The summed E-state index contributed by atoms with van der Waals surface area (Å²) in [6.07, 6.45) is 6.40. The van der Waals surface area contributed by atoms with Crippen LogP contribution >= 0.6 is 0 Å². The molecule has 3 N–H and O–H groups in total. The number of benzene rings is 1. The Morgan fingerprint density at radius 3 is 2.82 bits per heavy atom. The summed E-state index contributed by atoms with van der Waals surface area (Å²) in [5.41, 5.74) is 6.71. The number of aryl methyl sites for hydroxylation is 1. The maximum atomic E-state index is 11.6. The van der Waals surface area contributed by atoms with E-state index in [1.165, 1.54) is 12.8 Å². The number of nitrogens with one attached hydrogen (secondary N) is 1. The van der Waals surface area contributed by atoms with Gasteiger partial charge in [0.2, 0.25) is 5.91 Å². The lowest BCUT2D eigenvalue weighted by molar-refractivity contribution is -0.122. The Morgan fingerprint density at radius 2 is 2.05 bits per heavy atom. The van der Waals surface area contributed by atoms with Crippen molar-refractivity contribution in [3.05, 3.63) is 29.8 Å². The molecule has 22 heavy (non-hydrogen) atoms. The predicted octanol–water partition coefficient (Wildman–Crippen LogP) is 2.79. The molecule has 0 unspecified atom stereocenters. The third kappa shape index (κ3) is 5.02. The minimum atomic E-state index is -0.157. The summed E-state index contributed by atoms with van der Waals surface area (Å²) in [5.74, 6) is 0.780. The van der Waals surface area contributed by atoms with Crippen LogP contribution in [0.2, 0.25) is 0 Å². The number of carbonyl (C=O) groups is 1. The molecule has 4 nitrogen and oxygen atoms in total. The molecule has 1 aromatic carbocycles. The SMILES string of the molecule is Cc1ccccc1OCCCN[C@@H]1CCCCC[C@H]1C(N)=O. The molecule has 2 atom stereocenters. The average Bonchev–Trinajstić information content (AvgIpc) is 2.74. The summed E-state index contributed by atoms with van der Waals surface area (Å²) in [6, 6.07) is 8.29. The highest BCUT2D eigenvalue weighted by Gasteiger charge is 2.27. The highest BCUT2D eigenvalue weighted by molar-refractivity contribution is 5.77. The molecule has 1 amide bonds. The Morgan fingerprint density at radius 1 is 1.27 bits per heavy atom. The van der Waals surface area contributed by atoms with Crippen molar-refractivity contribution in [1.29, 1.82) is 0 Å². The van der Waals surface area contributed by atoms with Crippen LogP contribution in [0.4, 0.5) is 0 Å². The van der Waals surface area contributed by atoms with Crippen molar-refractivity contribution >= 4 is 5.91 Å². The second-order valence-electron chi connectivity index (χ2n) is 6.18. The van der Waals surface area contributed by atoms with E-state index in [1.54, 1.807) is 0 Å². The number of rotatable bonds is 7. The van der Waals surface area contributed by atoms with Crippen LogP contribution in [-0.4, -0.2) is 25.1 Å². The predicted molar refractivity (Wildman–Crippen MR) is 88.9 cm³/mol. The third-order valence-electron chi connectivity index (χ3n) is 4.46. The average molecular weight is 304 g/mol. The van der Waals surface area contributed by atoms with Crippen LogP contribution in [0.1, 0.15) is 44.1 Å². The zero-order chi connectivity index (χ0) is 15.8. The van der Waals surface area contributed by atoms with Crippen molar-refractivity contribution in [2.45, 2.75) is 51.5 Å². The second-order valence-corrected chi connectivity index (χ2v) is 6.18. The van der Waals surface area contributed by atoms with E-state index in [0.717, 1.165) is 43.5 Å². The largest absolute Gasteiger partial charge is 0.493 e. The van der Waals surface area contributed by atoms with Crippen molar-refractivity contribution in [2.75, 3.05) is 13.2 Å². The molecule has 0 bridgehead atoms. The third-order valence-corrected chi connectivity index (χ3v) is 4.46. The van der Waals surface area contributed by atoms with E-state index in [4.69, 9.17) is 10.5 Å². The number of primary amides is 1. The quantitative estimate of drug-likeness (QED) is 0.601. The minimum absolute atomic E-state index is 0.0141. The molecule has 0 spiro atoms. The first-order valence-corrected chi connectivity index (χ1v) is 8.39. The van der Waals surface area contributed by atoms with E-state index < -0.39 is 0 Å². The van der Waals surface area contributed by atoms with E-state index in [9.17, 15) is 4.79 Å². The van der Waals surface area contributed by atoms with Crippen LogP contribution < -0.4 is 15.8 Å². The number of hydrogen-bond acceptors (Lipinski definition) is 3. The van der Waals surface area contributed by atoms with E-state index in [1.807, 2.05) is 18.2 Å². The normalized spacial score (nSPS) is 22.0. The van der Waals surface area contributed by atoms with Gasteiger partial charge in [0.25, 0.3) is 0 Å². The number of ether oxygens (including phenoxy) is 1. The minimum Gasteiger partial charge on any atom is -0.493 e. The van der Waals surface area contributed by atoms with Crippen molar-refractivity contribution < 1.29 is 9.53 Å². The van der Waals surface area contributed by atoms with Gasteiger partial charge in [0, 0.05) is 6.04 Å². The summed E-state index contributed by atoms with van der Waals surface area (Å²) in [4.78, 5) is 11.6. The molecule has 1 fully saturated rings. The van der Waals surface area contributed by atoms with Gasteiger partial charge in [-0.1, -0.05) is 37.5 Å². The van der Waals surface area contributed by atoms with Gasteiger partial charge in [-0.3, -0.25) is 4.79 Å². The molecular formula is C18H28N2O2. The summed E-state index contributed by atoms with van der Waals surface area (Å²) in [5, 5.41) is 3.51. The van der Waals surface area contributed by atoms with Gasteiger partial charge >= 0.3 is 0 Å². The summed E-state index contributed by atoms with van der Waals surface area (Å²) >= 11 is 0. The van der Waals surface area contributed by atoms with Gasteiger partial charge < -0.3 is 15.8 Å². The lowest BCUT2D eigenvalue weighted by Gasteiger charge is -2.23. The molecule has 0 radical (unpaired) electrons. The standard InChI is InChI=1S/C18H28N2O2/c1-14-8-5-6-11-17(14)22-13-7-12-20-16-10-4-2-3-9-15(16)18(19)21/h5-6,8,11,15-16,20H,2-4,7,9-10,12-13H2,1H3,(H2,19,21)/t15-,16-/m1/s1. The molecule has 1 saturated carbocycles. The van der Waals surface area contributed by atoms with E-state index in [-0.39, 0.29) is 17.9 Å². The van der Waals surface area contributed by atoms with E-state index in [0.29, 0.717) is 6.61 Å². The van der Waals surface area contributed by atoms with Gasteiger partial charge in [-0.05, 0) is 44.4 Å². The number of hydrogen-bond donors (Lipinski definition) is 2. The van der Waals surface area contributed by atoms with Gasteiger partial charge in [0.05, 0.1) is 12.5 Å². The van der Waals surface area contributed by atoms with Crippen LogP contribution in [-0.2, 0) is 4.79 Å². The maximum absolute atomic E-state index is 11.6. The Labute approximate surface area is 133 Å². The fraction of sp³-hybridized carbons (Fsp3) is 0.611. The van der Waals surface area contributed by atoms with Crippen LogP contribution in [0.3, 0.4) is 0 Å². The maximum Gasteiger partial charge on any atom is 0.222 e. The van der Waals surface area contributed by atoms with Gasteiger partial charge in [-0.15, -0.1) is 0 Å². The van der Waals surface area contributed by atoms with Gasteiger partial charge in [0.1, 0.15) is 5.75 Å². The first-order valence-electron chi connectivity index (χ1n) is 8.39. The van der Waals surface area contributed by atoms with Crippen LogP contribution in [0.15, 0.2) is 24.3 Å². The first kappa shape index (κ1) is 16.8. The van der Waals surface area contributed by atoms with E-state index >= 15 is 0 Å². The lowest BCUT2D eigenvalue weighted by Crippen LogP contribution is -2.42. The van der Waals surface area contributed by atoms with Crippen LogP contribution in [0, 0.1) is 12.8 Å². The molecule has 0 heterocycles. The van der Waals surface area contributed by atoms with Crippen LogP contribution in [0.5, 0.6) is 5.75 Å². The molecule has 0 saturated heterocycles. The molecule has 2 rings (SSSR count). The highest BCUT2D eigenvalue weighted by atomic mass is 16.5. The smallest absolute Gasteiger partial charge is 0.222 e. The summed E-state index contributed by atoms with van der Waals surface area (Å²) < 4.78 is 5.79. The molecular weight excluding hydrogens is 276 g/mol. The highest BCUT2D eigenvalue weighted by Crippen LogP contribution is 2.23. The Hall–Kier alpha value is -1.55. The van der Waals surface area contributed by atoms with Gasteiger partial charge in [-0.25, -0.2) is 0 Å². The molecule has 1 aliphatic rings. The molecule has 0 aromatic heterocycles. The Bertz CT molecular complexity index is 476. The monoisotopic (exact) mass is 304 g/mol. The summed E-state index contributed by atoms with van der Waals surface area (Å²) in [6.45, 7) is 3.60. The van der Waals surface area contributed by atoms with Crippen molar-refractivity contribution in [2.24, 2.45) is 11.7 Å².